The van der Waals surface area contributed by atoms with E-state index in [1.165, 1.54) is 18.6 Å². The molecule has 0 amide bonds. The zero-order chi connectivity index (χ0) is 26.5. The fourth-order valence-electron chi connectivity index (χ4n) is 5.93. The maximum absolute atomic E-state index is 15.1. The first-order chi connectivity index (χ1) is 17.8. The standard InChI is InChI=1S/C30H32F4O3/c1-3-5-6-18-7-8-20-17-21(10-9-19(20)16-18)22-11-12-23(27(32)26(22)31)30(35)37-25-14-13-24(36-15-4-2)28(33)29(25)34/h3-4,11-14,18-21H,1-2,5-10,15-17H2. The van der Waals surface area contributed by atoms with E-state index in [1.54, 1.807) is 0 Å². The van der Waals surface area contributed by atoms with Crippen molar-refractivity contribution < 1.29 is 31.8 Å². The van der Waals surface area contributed by atoms with Gasteiger partial charge in [0.2, 0.25) is 11.6 Å². The topological polar surface area (TPSA) is 35.5 Å². The van der Waals surface area contributed by atoms with E-state index >= 15 is 4.39 Å². The molecule has 37 heavy (non-hydrogen) atoms. The zero-order valence-corrected chi connectivity index (χ0v) is 20.8. The van der Waals surface area contributed by atoms with E-state index in [1.807, 2.05) is 6.08 Å². The van der Waals surface area contributed by atoms with E-state index in [2.05, 4.69) is 13.2 Å². The Labute approximate surface area is 215 Å². The summed E-state index contributed by atoms with van der Waals surface area (Å²) in [4.78, 5) is 12.5. The third-order valence-corrected chi connectivity index (χ3v) is 7.84. The minimum atomic E-state index is -1.47. The summed E-state index contributed by atoms with van der Waals surface area (Å²) < 4.78 is 68.5. The minimum Gasteiger partial charge on any atom is -0.486 e. The number of halogens is 4. The van der Waals surface area contributed by atoms with E-state index in [-0.39, 0.29) is 18.1 Å². The normalized spacial score (nSPS) is 23.1. The SMILES string of the molecule is C=CCCC1CCC2CC(c3ccc(C(=O)Oc4ccc(OCC=C)c(F)c4F)c(F)c3F)CCC2C1. The highest BCUT2D eigenvalue weighted by molar-refractivity contribution is 5.91. The lowest BCUT2D eigenvalue weighted by Crippen LogP contribution is -2.30. The van der Waals surface area contributed by atoms with Crippen LogP contribution in [0, 0.1) is 41.0 Å². The number of rotatable bonds is 9. The van der Waals surface area contributed by atoms with Crippen molar-refractivity contribution in [2.24, 2.45) is 17.8 Å². The van der Waals surface area contributed by atoms with Gasteiger partial charge in [-0.25, -0.2) is 13.6 Å². The lowest BCUT2D eigenvalue weighted by atomic mass is 9.63. The number of allylic oxidation sites excluding steroid dienone is 1. The smallest absolute Gasteiger partial charge is 0.346 e. The summed E-state index contributed by atoms with van der Waals surface area (Å²) in [6.07, 6.45) is 11.5. The second kappa shape index (κ2) is 12.0. The van der Waals surface area contributed by atoms with Gasteiger partial charge in [-0.15, -0.1) is 6.58 Å². The van der Waals surface area contributed by atoms with Gasteiger partial charge in [-0.2, -0.15) is 8.78 Å². The third-order valence-electron chi connectivity index (χ3n) is 7.84. The largest absolute Gasteiger partial charge is 0.486 e. The predicted octanol–water partition coefficient (Wildman–Crippen LogP) is 8.29. The van der Waals surface area contributed by atoms with Crippen LogP contribution in [-0.4, -0.2) is 12.6 Å². The molecule has 0 N–H and O–H groups in total. The quantitative estimate of drug-likeness (QED) is 0.146. The first-order valence-electron chi connectivity index (χ1n) is 12.9. The van der Waals surface area contributed by atoms with Gasteiger partial charge in [-0.05, 0) is 92.4 Å². The first kappa shape index (κ1) is 27.0. The average molecular weight is 517 g/mol. The van der Waals surface area contributed by atoms with Crippen molar-refractivity contribution in [3.05, 3.63) is 84.0 Å². The molecule has 7 heteroatoms. The first-order valence-corrected chi connectivity index (χ1v) is 12.9. The summed E-state index contributed by atoms with van der Waals surface area (Å²) >= 11 is 0. The Hall–Kier alpha value is -3.09. The Kier molecular flexibility index (Phi) is 8.72. The molecule has 2 fully saturated rings. The summed E-state index contributed by atoms with van der Waals surface area (Å²) in [5.41, 5.74) is -0.424. The number of esters is 1. The molecule has 2 aromatic rings. The molecule has 2 saturated carbocycles. The van der Waals surface area contributed by atoms with Crippen molar-refractivity contribution in [3.8, 4) is 11.5 Å². The highest BCUT2D eigenvalue weighted by Crippen LogP contribution is 2.49. The molecule has 0 aliphatic heterocycles. The van der Waals surface area contributed by atoms with E-state index < -0.39 is 46.3 Å². The Bertz CT molecular complexity index is 1160. The molecule has 2 aliphatic rings. The highest BCUT2D eigenvalue weighted by atomic mass is 19.2. The summed E-state index contributed by atoms with van der Waals surface area (Å²) in [5.74, 6) is -6.02. The summed E-state index contributed by atoms with van der Waals surface area (Å²) in [7, 11) is 0. The van der Waals surface area contributed by atoms with E-state index in [9.17, 15) is 18.0 Å². The molecular formula is C30H32F4O3. The number of carbonyl (C=O) groups is 1. The van der Waals surface area contributed by atoms with Gasteiger partial charge in [-0.3, -0.25) is 0 Å². The van der Waals surface area contributed by atoms with E-state index in [4.69, 9.17) is 9.47 Å². The number of ether oxygens (including phenoxy) is 2. The lowest BCUT2D eigenvalue weighted by Gasteiger charge is -2.42. The van der Waals surface area contributed by atoms with E-state index in [0.717, 1.165) is 63.1 Å². The predicted molar refractivity (Wildman–Crippen MR) is 134 cm³/mol. The Morgan fingerprint density at radius 1 is 0.838 bits per heavy atom. The van der Waals surface area contributed by atoms with Crippen LogP contribution in [0.5, 0.6) is 11.5 Å². The Balaban J connectivity index is 1.44. The average Bonchev–Trinajstić information content (AvgIpc) is 2.90. The van der Waals surface area contributed by atoms with Gasteiger partial charge >= 0.3 is 5.97 Å². The fraction of sp³-hybridized carbons (Fsp3) is 0.433. The fourth-order valence-corrected chi connectivity index (χ4v) is 5.93. The summed E-state index contributed by atoms with van der Waals surface area (Å²) in [6, 6.07) is 4.64. The Morgan fingerprint density at radius 3 is 2.30 bits per heavy atom. The number of hydrogen-bond acceptors (Lipinski definition) is 3. The van der Waals surface area contributed by atoms with Crippen LogP contribution in [0.15, 0.2) is 49.6 Å². The molecule has 0 heterocycles. The number of carbonyl (C=O) groups excluding carboxylic acids is 1. The monoisotopic (exact) mass is 516 g/mol. The molecule has 4 rings (SSSR count). The second-order valence-corrected chi connectivity index (χ2v) is 10.1. The molecule has 4 atom stereocenters. The van der Waals surface area contributed by atoms with Gasteiger partial charge in [0.15, 0.2) is 23.1 Å². The van der Waals surface area contributed by atoms with Gasteiger partial charge in [-0.1, -0.05) is 31.2 Å². The van der Waals surface area contributed by atoms with Gasteiger partial charge in [0.25, 0.3) is 0 Å². The molecule has 4 unspecified atom stereocenters. The molecule has 0 radical (unpaired) electrons. The number of hydrogen-bond donors (Lipinski definition) is 0. The summed E-state index contributed by atoms with van der Waals surface area (Å²) in [6.45, 7) is 7.18. The number of fused-ring (bicyclic) bond motifs is 1. The Morgan fingerprint density at radius 2 is 1.54 bits per heavy atom. The van der Waals surface area contributed by atoms with Crippen molar-refractivity contribution >= 4 is 5.97 Å². The summed E-state index contributed by atoms with van der Waals surface area (Å²) in [5, 5.41) is 0. The van der Waals surface area contributed by atoms with Crippen LogP contribution < -0.4 is 9.47 Å². The van der Waals surface area contributed by atoms with Gasteiger partial charge in [0, 0.05) is 0 Å². The van der Waals surface area contributed by atoms with Crippen LogP contribution in [0.25, 0.3) is 0 Å². The third kappa shape index (κ3) is 5.91. The number of benzene rings is 2. The lowest BCUT2D eigenvalue weighted by molar-refractivity contribution is 0.0720. The molecule has 3 nitrogen and oxygen atoms in total. The van der Waals surface area contributed by atoms with Crippen LogP contribution in [0.3, 0.4) is 0 Å². The molecule has 2 aliphatic carbocycles. The van der Waals surface area contributed by atoms with Crippen molar-refractivity contribution in [3.63, 3.8) is 0 Å². The highest BCUT2D eigenvalue weighted by Gasteiger charge is 2.37. The maximum Gasteiger partial charge on any atom is 0.346 e. The van der Waals surface area contributed by atoms with Crippen LogP contribution in [0.1, 0.15) is 73.2 Å². The molecule has 198 valence electrons. The van der Waals surface area contributed by atoms with Gasteiger partial charge in [0.1, 0.15) is 6.61 Å². The molecular weight excluding hydrogens is 484 g/mol. The minimum absolute atomic E-state index is 0.0506. The zero-order valence-electron chi connectivity index (χ0n) is 20.8. The van der Waals surface area contributed by atoms with Crippen molar-refractivity contribution in [1.29, 1.82) is 0 Å². The molecule has 0 aromatic heterocycles. The van der Waals surface area contributed by atoms with Crippen molar-refractivity contribution in [1.82, 2.24) is 0 Å². The van der Waals surface area contributed by atoms with Crippen LogP contribution in [0.2, 0.25) is 0 Å². The second-order valence-electron chi connectivity index (χ2n) is 10.1. The van der Waals surface area contributed by atoms with Crippen LogP contribution in [-0.2, 0) is 0 Å². The van der Waals surface area contributed by atoms with Crippen LogP contribution in [0.4, 0.5) is 17.6 Å². The molecule has 0 saturated heterocycles. The molecule has 2 aromatic carbocycles. The maximum atomic E-state index is 15.1. The van der Waals surface area contributed by atoms with Crippen molar-refractivity contribution in [2.45, 2.75) is 57.3 Å². The van der Waals surface area contributed by atoms with Crippen molar-refractivity contribution in [2.75, 3.05) is 6.61 Å². The molecule has 0 bridgehead atoms. The van der Waals surface area contributed by atoms with E-state index in [0.29, 0.717) is 17.8 Å². The van der Waals surface area contributed by atoms with Gasteiger partial charge in [0.05, 0.1) is 5.56 Å². The van der Waals surface area contributed by atoms with Crippen LogP contribution >= 0.6 is 0 Å². The van der Waals surface area contributed by atoms with Gasteiger partial charge < -0.3 is 9.47 Å². The molecule has 0 spiro atoms.